The molecule has 484 valence electrons. The van der Waals surface area contributed by atoms with Crippen LogP contribution < -0.4 is 53.2 Å². The summed E-state index contributed by atoms with van der Waals surface area (Å²) in [5, 5.41) is 35.9. The molecule has 0 rings (SSSR count). The monoisotopic (exact) mass is 1390 g/mol. The maximum absolute atomic E-state index is 12.1. The van der Waals surface area contributed by atoms with Crippen molar-refractivity contribution in [3.05, 3.63) is 5.73 Å². The molecule has 0 aromatic rings. The fraction of sp³-hybridized carbons (Fsp3) is 0.760. The van der Waals surface area contributed by atoms with Gasteiger partial charge in [0.05, 0.1) is 0 Å². The van der Waals surface area contributed by atoms with Gasteiger partial charge in [-0.1, -0.05) is 60.8 Å². The van der Waals surface area contributed by atoms with Gasteiger partial charge < -0.3 is 78.2 Å². The van der Waals surface area contributed by atoms with Gasteiger partial charge in [0.2, 0.25) is 47.6 Å². The highest BCUT2D eigenvalue weighted by Gasteiger charge is 2.28. The van der Waals surface area contributed by atoms with Gasteiger partial charge in [0.25, 0.3) is 0 Å². The maximum atomic E-state index is 12.1. The van der Waals surface area contributed by atoms with Gasteiger partial charge in [-0.2, -0.15) is 13.2 Å². The molecule has 8 atom stereocenters. The molecule has 0 aliphatic heterocycles. The fourth-order valence-corrected chi connectivity index (χ4v) is 5.40. The second-order valence-electron chi connectivity index (χ2n) is 20.7. The predicted molar refractivity (Wildman–Crippen MR) is 315 cm³/mol. The molecule has 0 spiro atoms. The number of carboxylic acids is 1. The number of nitrogens with one attached hydrogen (secondary N) is 11. The fourth-order valence-electron chi connectivity index (χ4n) is 4.56. The summed E-state index contributed by atoms with van der Waals surface area (Å²) < 4.78 is 46.2. The third-order valence-corrected chi connectivity index (χ3v) is 10.4. The first-order chi connectivity index (χ1) is 37.7. The van der Waals surface area contributed by atoms with E-state index in [4.69, 9.17) is 29.8 Å². The molecule has 0 unspecified atom stereocenters. The highest BCUT2D eigenvalue weighted by Crippen LogP contribution is 2.10. The molecule has 27 nitrogen and oxygen atoms in total. The number of amides is 10. The van der Waals surface area contributed by atoms with E-state index in [9.17, 15) is 65.9 Å². The zero-order valence-corrected chi connectivity index (χ0v) is 55.2. The lowest BCUT2D eigenvalue weighted by Gasteiger charge is -2.23. The van der Waals surface area contributed by atoms with Crippen molar-refractivity contribution in [2.24, 2.45) is 0 Å². The number of carbonyl (C=O) groups excluding carboxylic acids is 11. The third-order valence-electron chi connectivity index (χ3n) is 8.72. The molecule has 0 radical (unpaired) electrons. The summed E-state index contributed by atoms with van der Waals surface area (Å²) >= 11 is 9.78. The number of aldehydes is 1. The van der Waals surface area contributed by atoms with Gasteiger partial charge in [0, 0.05) is 35.6 Å². The molecule has 0 heterocycles. The number of hydrogen-bond donors (Lipinski definition) is 11. The van der Waals surface area contributed by atoms with E-state index in [0.717, 1.165) is 35.3 Å². The van der Waals surface area contributed by atoms with Crippen LogP contribution >= 0.6 is 47.8 Å². The van der Waals surface area contributed by atoms with E-state index in [1.165, 1.54) is 34.6 Å². The highest BCUT2D eigenvalue weighted by atomic mass is 79.9. The van der Waals surface area contributed by atoms with Crippen LogP contribution in [-0.4, -0.2) is 184 Å². The number of carbonyl (C=O) groups is 12. The Labute approximate surface area is 510 Å². The first kappa shape index (κ1) is 86.2. The lowest BCUT2D eigenvalue weighted by atomic mass is 10.2. The van der Waals surface area contributed by atoms with E-state index < -0.39 is 125 Å². The smallest absolute Gasteiger partial charge is 0.446 e. The predicted octanol–water partition coefficient (Wildman–Crippen LogP) is 4.68. The molecule has 0 bridgehead atoms. The number of halogens is 6. The van der Waals surface area contributed by atoms with E-state index in [2.05, 4.69) is 101 Å². The zero-order chi connectivity index (χ0) is 66.2. The lowest BCUT2D eigenvalue weighted by Crippen LogP contribution is -2.54. The standard InChI is InChI=1S/C17H31BrN4O5.C14H26BrN3O4.C9H17BrN3O2.C8H15NO4.C2HF3O/c1-10(13(23)19-9-7-8-18)20-14(24)11(2)21-15(25)12(3)22-16(26)27-17(4,5)6;1-9(11(19)16-8-6-7-15)17-12(20)10(2)18-13(21)22-14(3,4)5;1-6(11)8(14)13-7(2)9(15)12-5-3-4-10;1-5(6(10)11)9-7(12)13-8(2,3)4;3-2(4,5)1-6/h10-12H,7-9H2,1-6H3,(H,19,23)(H,20,24)(H,21,25)(H,22,26);9-10H,6-8H2,1-5H3,(H,16,19)(H,17,20)(H,18,21);6-7,11H,3-5H2,1-2H3,(H,12,15)(H,13,14);5H,1-4H3,(H,9,12)(H,10,11);1H/q;;-1;;/t10-,11-,12-;9-,10-;6-,7-;5-;/m0000./s1. The van der Waals surface area contributed by atoms with Crippen LogP contribution in [0.15, 0.2) is 0 Å². The van der Waals surface area contributed by atoms with Crippen LogP contribution in [-0.2, 0) is 57.4 Å². The summed E-state index contributed by atoms with van der Waals surface area (Å²) in [4.78, 5) is 135. The van der Waals surface area contributed by atoms with E-state index >= 15 is 0 Å². The Bertz CT molecular complexity index is 2030. The van der Waals surface area contributed by atoms with Gasteiger partial charge in [0.15, 0.2) is 0 Å². The van der Waals surface area contributed by atoms with Crippen molar-refractivity contribution in [2.45, 2.75) is 208 Å². The molecule has 0 saturated heterocycles. The summed E-state index contributed by atoms with van der Waals surface area (Å²) in [6.07, 6.45) is -5.39. The molecule has 0 aliphatic carbocycles. The molecule has 33 heteroatoms. The molecule has 0 aromatic heterocycles. The first-order valence-electron chi connectivity index (χ1n) is 25.9. The third kappa shape index (κ3) is 55.4. The maximum Gasteiger partial charge on any atom is 0.446 e. The van der Waals surface area contributed by atoms with Crippen molar-refractivity contribution in [3.63, 3.8) is 0 Å². The Morgan fingerprint density at radius 2 is 0.627 bits per heavy atom. The van der Waals surface area contributed by atoms with Gasteiger partial charge in [-0.25, -0.2) is 14.4 Å². The molecule has 0 fully saturated rings. The number of aliphatic carboxylic acids is 1. The SMILES string of the molecule is C[C@H](NC(=O)OC(C)(C)C)C(=O)N[C@@H](C)C(=O)NCCCBr.C[C@H](NC(=O)OC(C)(C)C)C(=O)N[C@@H](C)C(=O)N[C@@H](C)C(=O)NCCCBr.C[C@H](NC(=O)OC(C)(C)C)C(=O)O.C[C@H]([NH-])C(=O)N[C@@H](C)C(=O)NCCCBr.O=CC(F)(F)F. The molecule has 0 aliphatic rings. The van der Waals surface area contributed by atoms with Gasteiger partial charge in [-0.15, -0.1) is 0 Å². The molecule has 83 heavy (non-hydrogen) atoms. The van der Waals surface area contributed by atoms with Crippen LogP contribution in [0.2, 0.25) is 0 Å². The summed E-state index contributed by atoms with van der Waals surface area (Å²) in [6.45, 7) is 29.1. The second-order valence-corrected chi connectivity index (χ2v) is 23.1. The summed E-state index contributed by atoms with van der Waals surface area (Å²) in [6, 6.07) is -6.33. The van der Waals surface area contributed by atoms with Crippen LogP contribution in [0.4, 0.5) is 27.6 Å². The van der Waals surface area contributed by atoms with Crippen molar-refractivity contribution >= 4 is 120 Å². The number of hydrogen-bond acceptors (Lipinski definition) is 15. The normalized spacial score (nSPS) is 13.7. The Morgan fingerprint density at radius 3 is 0.819 bits per heavy atom. The summed E-state index contributed by atoms with van der Waals surface area (Å²) in [5.74, 6) is -3.81. The van der Waals surface area contributed by atoms with Gasteiger partial charge in [-0.3, -0.25) is 43.2 Å². The largest absolute Gasteiger partial charge is 0.667 e. The number of ether oxygens (including phenoxy) is 3. The molecule has 0 saturated carbocycles. The second kappa shape index (κ2) is 44.9. The first-order valence-corrected chi connectivity index (χ1v) is 29.2. The molecular formula is C50H90Br3F3N11O16-. The Kier molecular flexibility index (Phi) is 46.6. The number of alkyl halides is 6. The van der Waals surface area contributed by atoms with Crippen LogP contribution in [0.1, 0.15) is 137 Å². The van der Waals surface area contributed by atoms with Crippen LogP contribution in [0.3, 0.4) is 0 Å². The molecule has 12 N–H and O–H groups in total. The average molecular weight is 1400 g/mol. The lowest BCUT2D eigenvalue weighted by molar-refractivity contribution is -0.156. The van der Waals surface area contributed by atoms with Crippen molar-refractivity contribution < 1.29 is 90.0 Å². The molecule has 10 amide bonds. The molecular weight excluding hydrogens is 1310 g/mol. The van der Waals surface area contributed by atoms with Gasteiger partial charge in [-0.05, 0) is 130 Å². The minimum atomic E-state index is -4.64. The number of carboxylic acid groups (broad SMARTS) is 1. The minimum Gasteiger partial charge on any atom is -0.667 e. The van der Waals surface area contributed by atoms with Gasteiger partial charge >= 0.3 is 30.4 Å². The van der Waals surface area contributed by atoms with Crippen LogP contribution in [0.25, 0.3) is 5.73 Å². The highest BCUT2D eigenvalue weighted by molar-refractivity contribution is 9.09. The topological polar surface area (TPSA) is 397 Å². The summed E-state index contributed by atoms with van der Waals surface area (Å²) in [5.41, 5.74) is 5.21. The van der Waals surface area contributed by atoms with Crippen molar-refractivity contribution in [1.82, 2.24) is 53.2 Å². The van der Waals surface area contributed by atoms with Crippen molar-refractivity contribution in [2.75, 3.05) is 35.6 Å². The van der Waals surface area contributed by atoms with Crippen LogP contribution in [0, 0.1) is 0 Å². The van der Waals surface area contributed by atoms with E-state index in [1.807, 2.05) is 0 Å². The average Bonchev–Trinajstić information content (AvgIpc) is 3.32. The zero-order valence-electron chi connectivity index (χ0n) is 50.4. The van der Waals surface area contributed by atoms with E-state index in [0.29, 0.717) is 19.6 Å². The van der Waals surface area contributed by atoms with Gasteiger partial charge in [0.1, 0.15) is 59.1 Å². The minimum absolute atomic E-state index is 0.218. The van der Waals surface area contributed by atoms with E-state index in [1.54, 1.807) is 83.1 Å². The van der Waals surface area contributed by atoms with Crippen molar-refractivity contribution in [1.29, 1.82) is 0 Å². The van der Waals surface area contributed by atoms with Crippen molar-refractivity contribution in [3.8, 4) is 0 Å². The summed E-state index contributed by atoms with van der Waals surface area (Å²) in [7, 11) is 0. The number of rotatable bonds is 24. The quantitative estimate of drug-likeness (QED) is 0.0270. The Balaban J connectivity index is -0.000000325. The Hall–Kier alpha value is -5.57. The van der Waals surface area contributed by atoms with E-state index in [-0.39, 0.29) is 17.7 Å². The van der Waals surface area contributed by atoms with Crippen LogP contribution in [0.5, 0.6) is 0 Å². The Morgan fingerprint density at radius 1 is 0.422 bits per heavy atom. The number of alkyl carbamates (subject to hydrolysis) is 3. The molecule has 0 aromatic carbocycles.